The van der Waals surface area contributed by atoms with E-state index in [9.17, 15) is 4.79 Å². The molecule has 0 radical (unpaired) electrons. The zero-order chi connectivity index (χ0) is 11.1. The Labute approximate surface area is 85.8 Å². The van der Waals surface area contributed by atoms with Gasteiger partial charge >= 0.3 is 5.97 Å². The van der Waals surface area contributed by atoms with Crippen molar-refractivity contribution in [2.75, 3.05) is 5.43 Å². The van der Waals surface area contributed by atoms with Crippen molar-refractivity contribution < 1.29 is 9.90 Å². The molecule has 3 N–H and O–H groups in total. The van der Waals surface area contributed by atoms with Crippen LogP contribution in [0.1, 0.15) is 5.56 Å². The number of pyridine rings is 1. The Morgan fingerprint density at radius 2 is 2.47 bits per heavy atom. The van der Waals surface area contributed by atoms with Crippen LogP contribution in [0.4, 0.5) is 5.82 Å². The summed E-state index contributed by atoms with van der Waals surface area (Å²) >= 11 is 0. The molecule has 1 rings (SSSR count). The second-order valence-corrected chi connectivity index (χ2v) is 2.48. The molecule has 76 valence electrons. The number of carbonyl (C=O) groups is 1. The first kappa shape index (κ1) is 10.5. The van der Waals surface area contributed by atoms with Crippen molar-refractivity contribution in [1.29, 1.82) is 5.26 Å². The number of rotatable bonds is 4. The number of hydrazine groups is 1. The van der Waals surface area contributed by atoms with E-state index in [1.165, 1.54) is 18.5 Å². The van der Waals surface area contributed by atoms with E-state index in [2.05, 4.69) is 15.8 Å². The van der Waals surface area contributed by atoms with Crippen LogP contribution in [0.5, 0.6) is 0 Å². The molecule has 0 saturated carbocycles. The number of nitrogens with zero attached hydrogens (tertiary/aromatic N) is 2. The number of aliphatic carboxylic acids is 1. The summed E-state index contributed by atoms with van der Waals surface area (Å²) in [6.07, 6.45) is 3.62. The lowest BCUT2D eigenvalue weighted by Gasteiger charge is -2.03. The largest absolute Gasteiger partial charge is 0.478 e. The highest BCUT2D eigenvalue weighted by molar-refractivity contribution is 5.79. The number of aromatic nitrogens is 1. The van der Waals surface area contributed by atoms with Crippen LogP contribution in [0.2, 0.25) is 0 Å². The van der Waals surface area contributed by atoms with Crippen molar-refractivity contribution in [3.8, 4) is 6.07 Å². The molecule has 0 aliphatic carbocycles. The Morgan fingerprint density at radius 1 is 1.67 bits per heavy atom. The van der Waals surface area contributed by atoms with Crippen LogP contribution >= 0.6 is 0 Å². The third kappa shape index (κ3) is 3.78. The fraction of sp³-hybridized carbons (Fsp3) is 0. The standard InChI is InChI=1S/C9H8N4O2/c10-6-7-1-3-11-8(5-7)13-12-4-2-9(14)15/h1-5,12H,(H,11,13)(H,14,15)/b4-2+. The van der Waals surface area contributed by atoms with Crippen LogP contribution < -0.4 is 10.9 Å². The molecule has 1 aromatic heterocycles. The Bertz CT molecular complexity index is 422. The average Bonchev–Trinajstić information content (AvgIpc) is 2.24. The number of hydrogen-bond donors (Lipinski definition) is 3. The number of carboxylic acid groups (broad SMARTS) is 1. The summed E-state index contributed by atoms with van der Waals surface area (Å²) in [5, 5.41) is 16.9. The summed E-state index contributed by atoms with van der Waals surface area (Å²) in [4.78, 5) is 14.0. The minimum Gasteiger partial charge on any atom is -0.478 e. The molecule has 6 nitrogen and oxygen atoms in total. The van der Waals surface area contributed by atoms with Crippen molar-refractivity contribution in [2.45, 2.75) is 0 Å². The topological polar surface area (TPSA) is 98.0 Å². The minimum atomic E-state index is -1.05. The highest BCUT2D eigenvalue weighted by atomic mass is 16.4. The van der Waals surface area contributed by atoms with Crippen molar-refractivity contribution in [3.05, 3.63) is 36.2 Å². The molecule has 0 aliphatic heterocycles. The average molecular weight is 204 g/mol. The van der Waals surface area contributed by atoms with E-state index in [1.807, 2.05) is 6.07 Å². The van der Waals surface area contributed by atoms with Gasteiger partial charge in [0, 0.05) is 18.5 Å². The van der Waals surface area contributed by atoms with E-state index in [4.69, 9.17) is 10.4 Å². The van der Waals surface area contributed by atoms with Gasteiger partial charge in [0.1, 0.15) is 5.82 Å². The smallest absolute Gasteiger partial charge is 0.329 e. The lowest BCUT2D eigenvalue weighted by atomic mass is 10.3. The SMILES string of the molecule is N#Cc1ccnc(NN/C=C/C(=O)O)c1. The molecular weight excluding hydrogens is 196 g/mol. The van der Waals surface area contributed by atoms with Crippen LogP contribution in [0.15, 0.2) is 30.6 Å². The number of anilines is 1. The maximum atomic E-state index is 10.1. The zero-order valence-electron chi connectivity index (χ0n) is 7.64. The van der Waals surface area contributed by atoms with Crippen LogP contribution in [0, 0.1) is 11.3 Å². The molecule has 0 unspecified atom stereocenters. The highest BCUT2D eigenvalue weighted by Gasteiger charge is 1.93. The van der Waals surface area contributed by atoms with E-state index in [0.717, 1.165) is 6.08 Å². The lowest BCUT2D eigenvalue weighted by Crippen LogP contribution is -2.15. The van der Waals surface area contributed by atoms with Gasteiger partial charge < -0.3 is 10.5 Å². The zero-order valence-corrected chi connectivity index (χ0v) is 7.64. The fourth-order valence-corrected chi connectivity index (χ4v) is 0.797. The summed E-state index contributed by atoms with van der Waals surface area (Å²) in [5.74, 6) is -0.618. The van der Waals surface area contributed by atoms with E-state index in [-0.39, 0.29) is 0 Å². The molecule has 1 heterocycles. The first-order chi connectivity index (χ1) is 7.22. The third-order valence-corrected chi connectivity index (χ3v) is 1.40. The van der Waals surface area contributed by atoms with Gasteiger partial charge in [0.05, 0.1) is 11.6 Å². The van der Waals surface area contributed by atoms with Gasteiger partial charge in [0.2, 0.25) is 0 Å². The van der Waals surface area contributed by atoms with Gasteiger partial charge in [0.25, 0.3) is 0 Å². The van der Waals surface area contributed by atoms with Gasteiger partial charge in [-0.3, -0.25) is 5.43 Å². The maximum Gasteiger partial charge on any atom is 0.329 e. The van der Waals surface area contributed by atoms with Crippen LogP contribution in [0.25, 0.3) is 0 Å². The maximum absolute atomic E-state index is 10.1. The third-order valence-electron chi connectivity index (χ3n) is 1.40. The van der Waals surface area contributed by atoms with E-state index in [0.29, 0.717) is 11.4 Å². The molecule has 6 heteroatoms. The number of nitriles is 1. The Balaban J connectivity index is 2.51. The molecule has 1 aromatic rings. The number of nitrogens with one attached hydrogen (secondary N) is 2. The van der Waals surface area contributed by atoms with Crippen molar-refractivity contribution in [2.24, 2.45) is 0 Å². The fourth-order valence-electron chi connectivity index (χ4n) is 0.797. The number of carboxylic acids is 1. The first-order valence-corrected chi connectivity index (χ1v) is 3.99. The van der Waals surface area contributed by atoms with Gasteiger partial charge in [-0.2, -0.15) is 5.26 Å². The Kier molecular flexibility index (Phi) is 3.68. The van der Waals surface area contributed by atoms with Crippen LogP contribution in [-0.2, 0) is 4.79 Å². The molecule has 0 bridgehead atoms. The van der Waals surface area contributed by atoms with Crippen LogP contribution in [-0.4, -0.2) is 16.1 Å². The van der Waals surface area contributed by atoms with E-state index in [1.54, 1.807) is 6.07 Å². The van der Waals surface area contributed by atoms with E-state index >= 15 is 0 Å². The number of hydrogen-bond acceptors (Lipinski definition) is 5. The first-order valence-electron chi connectivity index (χ1n) is 3.99. The molecule has 15 heavy (non-hydrogen) atoms. The molecule has 0 saturated heterocycles. The van der Waals surface area contributed by atoms with Gasteiger partial charge in [-0.1, -0.05) is 0 Å². The van der Waals surface area contributed by atoms with Crippen molar-refractivity contribution >= 4 is 11.8 Å². The molecule has 0 amide bonds. The minimum absolute atomic E-state index is 0.434. The summed E-state index contributed by atoms with van der Waals surface area (Å²) in [6, 6.07) is 5.05. The molecule has 0 spiro atoms. The van der Waals surface area contributed by atoms with Gasteiger partial charge in [-0.25, -0.2) is 9.78 Å². The normalized spacial score (nSPS) is 9.53. The predicted octanol–water partition coefficient (Wildman–Crippen LogP) is 0.468. The summed E-state index contributed by atoms with van der Waals surface area (Å²) < 4.78 is 0. The second kappa shape index (κ2) is 5.24. The molecule has 0 aliphatic rings. The van der Waals surface area contributed by atoms with Gasteiger partial charge in [-0.05, 0) is 12.1 Å². The highest BCUT2D eigenvalue weighted by Crippen LogP contribution is 2.03. The van der Waals surface area contributed by atoms with Crippen LogP contribution in [0.3, 0.4) is 0 Å². The lowest BCUT2D eigenvalue weighted by molar-refractivity contribution is -0.131. The van der Waals surface area contributed by atoms with Crippen molar-refractivity contribution in [3.63, 3.8) is 0 Å². The van der Waals surface area contributed by atoms with Crippen molar-refractivity contribution in [1.82, 2.24) is 10.4 Å². The monoisotopic (exact) mass is 204 g/mol. The molecular formula is C9H8N4O2. The Hall–Kier alpha value is -2.55. The summed E-state index contributed by atoms with van der Waals surface area (Å²) in [5.41, 5.74) is 5.58. The molecule has 0 fully saturated rings. The summed E-state index contributed by atoms with van der Waals surface area (Å²) in [7, 11) is 0. The van der Waals surface area contributed by atoms with Gasteiger partial charge in [-0.15, -0.1) is 0 Å². The summed E-state index contributed by atoms with van der Waals surface area (Å²) in [6.45, 7) is 0. The Morgan fingerprint density at radius 3 is 3.13 bits per heavy atom. The second-order valence-electron chi connectivity index (χ2n) is 2.48. The quantitative estimate of drug-likeness (QED) is 0.487. The molecule has 0 atom stereocenters. The predicted molar refractivity (Wildman–Crippen MR) is 52.5 cm³/mol. The molecule has 0 aromatic carbocycles. The van der Waals surface area contributed by atoms with E-state index < -0.39 is 5.97 Å². The van der Waals surface area contributed by atoms with Gasteiger partial charge in [0.15, 0.2) is 0 Å².